The molecule has 2 N–H and O–H groups in total. The molecular formula is C18H27N3O. The second-order valence-corrected chi connectivity index (χ2v) is 6.51. The van der Waals surface area contributed by atoms with Gasteiger partial charge >= 0.3 is 0 Å². The third-order valence-corrected chi connectivity index (χ3v) is 4.78. The van der Waals surface area contributed by atoms with E-state index in [0.717, 1.165) is 18.8 Å². The van der Waals surface area contributed by atoms with E-state index in [9.17, 15) is 4.79 Å². The average molecular weight is 301 g/mol. The van der Waals surface area contributed by atoms with E-state index < -0.39 is 0 Å². The van der Waals surface area contributed by atoms with Gasteiger partial charge in [-0.25, -0.2) is 0 Å². The van der Waals surface area contributed by atoms with Gasteiger partial charge in [0.15, 0.2) is 0 Å². The van der Waals surface area contributed by atoms with Crippen molar-refractivity contribution in [2.24, 2.45) is 0 Å². The molecule has 0 aromatic heterocycles. The van der Waals surface area contributed by atoms with Gasteiger partial charge in [-0.15, -0.1) is 0 Å². The largest absolute Gasteiger partial charge is 0.372 e. The van der Waals surface area contributed by atoms with E-state index >= 15 is 0 Å². The highest BCUT2D eigenvalue weighted by Crippen LogP contribution is 2.22. The van der Waals surface area contributed by atoms with Crippen LogP contribution in [0.25, 0.3) is 0 Å². The highest BCUT2D eigenvalue weighted by molar-refractivity contribution is 5.92. The topological polar surface area (TPSA) is 44.4 Å². The van der Waals surface area contributed by atoms with Crippen molar-refractivity contribution in [3.05, 3.63) is 24.3 Å². The van der Waals surface area contributed by atoms with E-state index in [-0.39, 0.29) is 5.91 Å². The normalized spacial score (nSPS) is 19.4. The summed E-state index contributed by atoms with van der Waals surface area (Å²) in [7, 11) is 0. The minimum absolute atomic E-state index is 0.0551. The molecule has 1 aliphatic carbocycles. The molecule has 1 aliphatic heterocycles. The van der Waals surface area contributed by atoms with Crippen molar-refractivity contribution >= 4 is 17.3 Å². The monoisotopic (exact) mass is 301 g/mol. The Kier molecular flexibility index (Phi) is 5.33. The predicted octanol–water partition coefficient (Wildman–Crippen LogP) is 3.15. The summed E-state index contributed by atoms with van der Waals surface area (Å²) < 4.78 is 0. The van der Waals surface area contributed by atoms with E-state index in [0.29, 0.717) is 12.6 Å². The van der Waals surface area contributed by atoms with Gasteiger partial charge in [0, 0.05) is 30.5 Å². The van der Waals surface area contributed by atoms with Crippen LogP contribution in [-0.4, -0.2) is 31.6 Å². The summed E-state index contributed by atoms with van der Waals surface area (Å²) >= 11 is 0. The maximum absolute atomic E-state index is 12.0. The summed E-state index contributed by atoms with van der Waals surface area (Å²) in [5, 5.41) is 6.36. The lowest BCUT2D eigenvalue weighted by molar-refractivity contribution is -0.115. The van der Waals surface area contributed by atoms with Gasteiger partial charge in [0.1, 0.15) is 0 Å². The van der Waals surface area contributed by atoms with E-state index in [1.165, 1.54) is 50.6 Å². The lowest BCUT2D eigenvalue weighted by Crippen LogP contribution is -2.37. The van der Waals surface area contributed by atoms with Gasteiger partial charge in [0.2, 0.25) is 5.91 Å². The van der Waals surface area contributed by atoms with Gasteiger partial charge in [-0.05, 0) is 49.9 Å². The Bertz CT molecular complexity index is 474. The van der Waals surface area contributed by atoms with Crippen LogP contribution in [0.4, 0.5) is 11.4 Å². The number of anilines is 2. The minimum Gasteiger partial charge on any atom is -0.372 e. The van der Waals surface area contributed by atoms with Crippen molar-refractivity contribution in [2.45, 2.75) is 51.0 Å². The summed E-state index contributed by atoms with van der Waals surface area (Å²) in [5.41, 5.74) is 2.15. The maximum Gasteiger partial charge on any atom is 0.238 e. The molecule has 1 heterocycles. The zero-order valence-electron chi connectivity index (χ0n) is 13.3. The van der Waals surface area contributed by atoms with Crippen LogP contribution in [0.2, 0.25) is 0 Å². The van der Waals surface area contributed by atoms with Gasteiger partial charge in [-0.3, -0.25) is 4.79 Å². The van der Waals surface area contributed by atoms with E-state index in [1.807, 2.05) is 12.1 Å². The molecule has 3 rings (SSSR count). The number of amides is 1. The summed E-state index contributed by atoms with van der Waals surface area (Å²) in [4.78, 5) is 14.4. The molecule has 1 amide bonds. The van der Waals surface area contributed by atoms with Crippen LogP contribution in [0.3, 0.4) is 0 Å². The van der Waals surface area contributed by atoms with Crippen LogP contribution in [0.1, 0.15) is 44.9 Å². The Labute approximate surface area is 133 Å². The molecule has 2 fully saturated rings. The van der Waals surface area contributed by atoms with Crippen molar-refractivity contribution in [3.63, 3.8) is 0 Å². The van der Waals surface area contributed by atoms with E-state index in [4.69, 9.17) is 0 Å². The van der Waals surface area contributed by atoms with Crippen molar-refractivity contribution in [3.8, 4) is 0 Å². The molecule has 0 unspecified atom stereocenters. The smallest absolute Gasteiger partial charge is 0.238 e. The zero-order chi connectivity index (χ0) is 15.2. The number of nitrogens with zero attached hydrogens (tertiary/aromatic N) is 1. The third-order valence-electron chi connectivity index (χ3n) is 4.78. The maximum atomic E-state index is 12.0. The molecule has 0 atom stereocenters. The van der Waals surface area contributed by atoms with Crippen molar-refractivity contribution in [1.29, 1.82) is 0 Å². The fourth-order valence-electron chi connectivity index (χ4n) is 3.48. The first-order chi connectivity index (χ1) is 10.8. The molecule has 1 saturated carbocycles. The number of nitrogens with one attached hydrogen (secondary N) is 2. The second-order valence-electron chi connectivity index (χ2n) is 6.51. The Balaban J connectivity index is 1.44. The van der Waals surface area contributed by atoms with E-state index in [2.05, 4.69) is 27.7 Å². The summed E-state index contributed by atoms with van der Waals surface area (Å²) in [6.07, 6.45) is 8.90. The predicted molar refractivity (Wildman–Crippen MR) is 91.4 cm³/mol. The van der Waals surface area contributed by atoms with Gasteiger partial charge in [-0.1, -0.05) is 19.3 Å². The van der Waals surface area contributed by atoms with Crippen molar-refractivity contribution in [1.82, 2.24) is 5.32 Å². The molecule has 22 heavy (non-hydrogen) atoms. The minimum atomic E-state index is 0.0551. The average Bonchev–Trinajstić information content (AvgIpc) is 3.09. The third kappa shape index (κ3) is 4.23. The van der Waals surface area contributed by atoms with Crippen LogP contribution >= 0.6 is 0 Å². The number of hydrogen-bond acceptors (Lipinski definition) is 3. The van der Waals surface area contributed by atoms with Crippen LogP contribution < -0.4 is 15.5 Å². The summed E-state index contributed by atoms with van der Waals surface area (Å²) in [5.74, 6) is 0.0551. The molecule has 0 radical (unpaired) electrons. The first-order valence-corrected chi connectivity index (χ1v) is 8.69. The quantitative estimate of drug-likeness (QED) is 0.878. The van der Waals surface area contributed by atoms with Crippen LogP contribution in [0.5, 0.6) is 0 Å². The number of carbonyl (C=O) groups is 1. The van der Waals surface area contributed by atoms with Gasteiger partial charge < -0.3 is 15.5 Å². The summed E-state index contributed by atoms with van der Waals surface area (Å²) in [6.45, 7) is 2.71. The van der Waals surface area contributed by atoms with Crippen molar-refractivity contribution < 1.29 is 4.79 Å². The molecule has 1 aromatic carbocycles. The molecule has 120 valence electrons. The standard InChI is InChI=1S/C18H27N3O/c22-18(14-19-15-6-2-1-3-7-15)20-16-8-10-17(11-9-16)21-12-4-5-13-21/h8-11,15,19H,1-7,12-14H2,(H,20,22). The molecule has 0 spiro atoms. The molecule has 1 aromatic rings. The van der Waals surface area contributed by atoms with Crippen LogP contribution in [0, 0.1) is 0 Å². The second kappa shape index (κ2) is 7.63. The highest BCUT2D eigenvalue weighted by atomic mass is 16.1. The van der Waals surface area contributed by atoms with Crippen LogP contribution in [-0.2, 0) is 4.79 Å². The molecule has 4 heteroatoms. The van der Waals surface area contributed by atoms with Crippen molar-refractivity contribution in [2.75, 3.05) is 29.9 Å². The molecule has 2 aliphatic rings. The molecule has 4 nitrogen and oxygen atoms in total. The van der Waals surface area contributed by atoms with Gasteiger partial charge in [0.25, 0.3) is 0 Å². The van der Waals surface area contributed by atoms with Crippen LogP contribution in [0.15, 0.2) is 24.3 Å². The first kappa shape index (κ1) is 15.3. The zero-order valence-corrected chi connectivity index (χ0v) is 13.3. The lowest BCUT2D eigenvalue weighted by atomic mass is 9.95. The SMILES string of the molecule is O=C(CNC1CCCCC1)Nc1ccc(N2CCCC2)cc1. The number of hydrogen-bond donors (Lipinski definition) is 2. The fraction of sp³-hybridized carbons (Fsp3) is 0.611. The number of benzene rings is 1. The van der Waals surface area contributed by atoms with Gasteiger partial charge in [-0.2, -0.15) is 0 Å². The van der Waals surface area contributed by atoms with E-state index in [1.54, 1.807) is 0 Å². The lowest BCUT2D eigenvalue weighted by Gasteiger charge is -2.22. The Hall–Kier alpha value is -1.55. The molecular weight excluding hydrogens is 274 g/mol. The summed E-state index contributed by atoms with van der Waals surface area (Å²) in [6, 6.07) is 8.75. The molecule has 0 bridgehead atoms. The molecule has 1 saturated heterocycles. The Morgan fingerprint density at radius 3 is 2.36 bits per heavy atom. The van der Waals surface area contributed by atoms with Gasteiger partial charge in [0.05, 0.1) is 6.54 Å². The Morgan fingerprint density at radius 2 is 1.68 bits per heavy atom. The Morgan fingerprint density at radius 1 is 1.00 bits per heavy atom. The number of rotatable bonds is 5. The first-order valence-electron chi connectivity index (χ1n) is 8.69. The fourth-order valence-corrected chi connectivity index (χ4v) is 3.48. The number of carbonyl (C=O) groups excluding carboxylic acids is 1. The highest BCUT2D eigenvalue weighted by Gasteiger charge is 2.14.